The molecule has 8 rings (SSSR count). The van der Waals surface area contributed by atoms with Crippen molar-refractivity contribution in [2.75, 3.05) is 59.5 Å². The summed E-state index contributed by atoms with van der Waals surface area (Å²) in [5.41, 5.74) is 6.10. The predicted octanol–water partition coefficient (Wildman–Crippen LogP) is 6.84. The third-order valence-corrected chi connectivity index (χ3v) is 13.4. The summed E-state index contributed by atoms with van der Waals surface area (Å²) < 4.78 is 45.2. The molecule has 59 heavy (non-hydrogen) atoms. The molecule has 0 radical (unpaired) electrons. The molecule has 2 N–H and O–H groups in total. The Kier molecular flexibility index (Phi) is 11.8. The molecule has 3 aliphatic rings. The smallest absolute Gasteiger partial charge is 0.234 e. The van der Waals surface area contributed by atoms with Crippen LogP contribution in [0.15, 0.2) is 97.5 Å². The monoisotopic (exact) mass is 818 g/mol. The van der Waals surface area contributed by atoms with Gasteiger partial charge < -0.3 is 9.80 Å². The second kappa shape index (κ2) is 17.3. The summed E-state index contributed by atoms with van der Waals surface area (Å²) in [6.07, 6.45) is 8.76. The number of imide groups is 1. The summed E-state index contributed by atoms with van der Waals surface area (Å²) in [5, 5.41) is 7.37. The first-order valence-corrected chi connectivity index (χ1v) is 22.3. The van der Waals surface area contributed by atoms with Gasteiger partial charge in [-0.25, -0.2) is 17.5 Å². The van der Waals surface area contributed by atoms with Crippen LogP contribution in [-0.4, -0.2) is 91.0 Å². The van der Waals surface area contributed by atoms with E-state index in [1.165, 1.54) is 11.8 Å². The van der Waals surface area contributed by atoms with Crippen LogP contribution >= 0.6 is 0 Å². The molecule has 12 nitrogen and oxygen atoms in total. The van der Waals surface area contributed by atoms with Gasteiger partial charge in [0.2, 0.25) is 21.8 Å². The molecular weight excluding hydrogens is 768 g/mol. The number of piperidine rings is 2. The zero-order valence-corrected chi connectivity index (χ0v) is 34.4. The molecule has 3 aliphatic heterocycles. The number of hydrogen-bond donors (Lipinski definition) is 2. The summed E-state index contributed by atoms with van der Waals surface area (Å²) in [4.78, 5) is 35.5. The molecule has 3 fully saturated rings. The van der Waals surface area contributed by atoms with Crippen LogP contribution in [-0.2, 0) is 19.6 Å². The number of amides is 2. The van der Waals surface area contributed by atoms with Crippen LogP contribution in [0.1, 0.15) is 57.4 Å². The largest absolute Gasteiger partial charge is 0.372 e. The van der Waals surface area contributed by atoms with E-state index in [-0.39, 0.29) is 34.7 Å². The highest BCUT2D eigenvalue weighted by Gasteiger charge is 2.30. The van der Waals surface area contributed by atoms with Gasteiger partial charge in [-0.2, -0.15) is 5.10 Å². The maximum atomic E-state index is 16.0. The van der Waals surface area contributed by atoms with E-state index >= 15 is 4.39 Å². The van der Waals surface area contributed by atoms with Crippen LogP contribution in [0.4, 0.5) is 21.5 Å². The first-order valence-electron chi connectivity index (χ1n) is 20.6. The van der Waals surface area contributed by atoms with E-state index in [9.17, 15) is 18.0 Å². The number of sulfonamides is 1. The number of benzene rings is 3. The van der Waals surface area contributed by atoms with Crippen LogP contribution in [0.3, 0.4) is 0 Å². The van der Waals surface area contributed by atoms with E-state index in [0.29, 0.717) is 42.5 Å². The van der Waals surface area contributed by atoms with Gasteiger partial charge in [0.05, 0.1) is 23.0 Å². The quantitative estimate of drug-likeness (QED) is 0.130. The summed E-state index contributed by atoms with van der Waals surface area (Å²) >= 11 is 0. The van der Waals surface area contributed by atoms with Crippen molar-refractivity contribution in [1.82, 2.24) is 25.0 Å². The molecule has 0 aliphatic carbocycles. The van der Waals surface area contributed by atoms with Gasteiger partial charge in [0.15, 0.2) is 5.82 Å². The van der Waals surface area contributed by atoms with Crippen molar-refractivity contribution in [3.8, 4) is 28.1 Å². The van der Waals surface area contributed by atoms with Gasteiger partial charge in [0.25, 0.3) is 0 Å². The summed E-state index contributed by atoms with van der Waals surface area (Å²) in [5.74, 6) is -0.764. The highest BCUT2D eigenvalue weighted by molar-refractivity contribution is 7.92. The minimum Gasteiger partial charge on any atom is -0.372 e. The Balaban J connectivity index is 0.889. The average Bonchev–Trinajstić information content (AvgIpc) is 3.68. The topological polar surface area (TPSA) is 133 Å². The third-order valence-electron chi connectivity index (χ3n) is 11.9. The summed E-state index contributed by atoms with van der Waals surface area (Å²) in [6.45, 7) is 10.0. The highest BCUT2D eigenvalue weighted by Crippen LogP contribution is 2.36. The van der Waals surface area contributed by atoms with Crippen molar-refractivity contribution in [3.63, 3.8) is 0 Å². The molecule has 3 aromatic carbocycles. The van der Waals surface area contributed by atoms with E-state index in [0.717, 1.165) is 74.6 Å². The zero-order valence-electron chi connectivity index (χ0n) is 33.6. The normalized spacial score (nSPS) is 19.5. The Hall–Kier alpha value is -5.60. The number of carbonyl (C=O) groups excluding carboxylic acids is 2. The minimum absolute atomic E-state index is 0.0961. The van der Waals surface area contributed by atoms with E-state index in [4.69, 9.17) is 5.10 Å². The van der Waals surface area contributed by atoms with E-state index in [1.54, 1.807) is 42.3 Å². The molecular formula is C45H51FN8O4S. The third kappa shape index (κ3) is 9.03. The number of rotatable bonds is 12. The molecule has 0 saturated carbocycles. The van der Waals surface area contributed by atoms with Crippen molar-refractivity contribution >= 4 is 38.9 Å². The second-order valence-electron chi connectivity index (χ2n) is 16.0. The van der Waals surface area contributed by atoms with Crippen molar-refractivity contribution in [2.45, 2.75) is 57.9 Å². The molecule has 2 atom stereocenters. The van der Waals surface area contributed by atoms with Crippen LogP contribution in [0.2, 0.25) is 0 Å². The number of halogens is 1. The Morgan fingerprint density at radius 1 is 0.831 bits per heavy atom. The van der Waals surface area contributed by atoms with Gasteiger partial charge >= 0.3 is 0 Å². The maximum absolute atomic E-state index is 16.0. The van der Waals surface area contributed by atoms with Crippen LogP contribution in [0.25, 0.3) is 28.1 Å². The van der Waals surface area contributed by atoms with E-state index in [1.807, 2.05) is 36.4 Å². The highest BCUT2D eigenvalue weighted by atomic mass is 32.2. The van der Waals surface area contributed by atoms with Gasteiger partial charge in [-0.1, -0.05) is 31.2 Å². The second-order valence-corrected chi connectivity index (χ2v) is 17.8. The summed E-state index contributed by atoms with van der Waals surface area (Å²) in [6, 6.07) is 25.4. The molecule has 5 aromatic rings. The number of nitrogens with one attached hydrogen (secondary N) is 2. The lowest BCUT2D eigenvalue weighted by Gasteiger charge is -2.43. The number of pyridine rings is 1. The molecule has 14 heteroatoms. The molecule has 5 heterocycles. The van der Waals surface area contributed by atoms with E-state index < -0.39 is 15.8 Å². The van der Waals surface area contributed by atoms with Crippen LogP contribution in [0, 0.1) is 11.7 Å². The lowest BCUT2D eigenvalue weighted by Crippen LogP contribution is -2.53. The lowest BCUT2D eigenvalue weighted by molar-refractivity contribution is -0.134. The minimum atomic E-state index is -3.69. The number of carbonyl (C=O) groups is 2. The van der Waals surface area contributed by atoms with Gasteiger partial charge in [-0.05, 0) is 98.7 Å². The Morgan fingerprint density at radius 2 is 1.53 bits per heavy atom. The molecule has 0 spiro atoms. The Morgan fingerprint density at radius 3 is 2.22 bits per heavy atom. The van der Waals surface area contributed by atoms with Crippen molar-refractivity contribution in [1.29, 1.82) is 0 Å². The van der Waals surface area contributed by atoms with Crippen LogP contribution < -0.4 is 19.8 Å². The fourth-order valence-electron chi connectivity index (χ4n) is 8.68. The average molecular weight is 819 g/mol. The SMILES string of the molecule is CCCS(=O)(=O)Nc1cccc(-c2cn(-c3ccc(N4CCN(CC5CCN(c6ccc([C@H]7CCC(=O)NC7=O)cc6)CC5)[C@H](C)C4)cc3)nc2-c2ccncc2)c1F. The standard InChI is InChI=1S/C45H51FN8O4S/c1-3-27-59(57,58)50-41-6-4-5-39(43(41)46)40-30-54(49-44(40)34-17-21-47-22-18-34)37-13-11-36(12-14-37)53-26-25-52(31(2)28-53)29-32-19-23-51(24-20-32)35-9-7-33(8-10-35)38-15-16-42(55)48-45(38)56/h4-14,17-18,21-22,30-32,38,50H,3,15-16,19-20,23-29H2,1-2H3,(H,48,55,56)/t31-,38-/m1/s1. The molecule has 2 aromatic heterocycles. The van der Waals surface area contributed by atoms with Gasteiger partial charge in [-0.15, -0.1) is 0 Å². The number of hydrogen-bond acceptors (Lipinski definition) is 9. The Labute approximate surface area is 345 Å². The van der Waals surface area contributed by atoms with Gasteiger partial charge in [0, 0.05) is 98.4 Å². The number of piperazine rings is 1. The first-order chi connectivity index (χ1) is 28.5. The number of nitrogens with zero attached hydrogens (tertiary/aromatic N) is 6. The molecule has 308 valence electrons. The molecule has 0 bridgehead atoms. The lowest BCUT2D eigenvalue weighted by atomic mass is 9.90. The first kappa shape index (κ1) is 40.2. The molecule has 3 saturated heterocycles. The Bertz CT molecular complexity index is 2380. The van der Waals surface area contributed by atoms with Crippen molar-refractivity contribution in [3.05, 3.63) is 109 Å². The maximum Gasteiger partial charge on any atom is 0.234 e. The number of anilines is 3. The van der Waals surface area contributed by atoms with E-state index in [2.05, 4.69) is 60.9 Å². The fourth-order valence-corrected chi connectivity index (χ4v) is 9.82. The van der Waals surface area contributed by atoms with Gasteiger partial charge in [0.1, 0.15) is 5.69 Å². The van der Waals surface area contributed by atoms with Crippen molar-refractivity contribution < 1.29 is 22.4 Å². The predicted molar refractivity (Wildman–Crippen MR) is 230 cm³/mol. The number of aromatic nitrogens is 3. The zero-order chi connectivity index (χ0) is 41.1. The van der Waals surface area contributed by atoms with Gasteiger partial charge in [-0.3, -0.25) is 29.5 Å². The van der Waals surface area contributed by atoms with Crippen LogP contribution in [0.5, 0.6) is 0 Å². The molecule has 2 amide bonds. The fraction of sp³-hybridized carbons (Fsp3) is 0.378. The molecule has 0 unspecified atom stereocenters. The summed E-state index contributed by atoms with van der Waals surface area (Å²) in [7, 11) is -3.69. The van der Waals surface area contributed by atoms with Crippen molar-refractivity contribution in [2.24, 2.45) is 5.92 Å².